The van der Waals surface area contributed by atoms with Crippen LogP contribution in [0.4, 0.5) is 0 Å². The summed E-state index contributed by atoms with van der Waals surface area (Å²) < 4.78 is 0. The first-order valence-corrected chi connectivity index (χ1v) is 7.65. The number of carbonyl (C=O) groups is 1. The van der Waals surface area contributed by atoms with Crippen LogP contribution >= 0.6 is 0 Å². The quantitative estimate of drug-likeness (QED) is 0.903. The van der Waals surface area contributed by atoms with Crippen LogP contribution in [0.3, 0.4) is 0 Å². The molecular formula is C17H27N3O. The summed E-state index contributed by atoms with van der Waals surface area (Å²) in [4.78, 5) is 17.0. The molecule has 1 fully saturated rings. The summed E-state index contributed by atoms with van der Waals surface area (Å²) >= 11 is 0. The van der Waals surface area contributed by atoms with Gasteiger partial charge in [0, 0.05) is 12.1 Å². The van der Waals surface area contributed by atoms with E-state index in [1.165, 1.54) is 0 Å². The van der Waals surface area contributed by atoms with E-state index in [-0.39, 0.29) is 23.7 Å². The molecule has 0 aromatic heterocycles. The third-order valence-corrected chi connectivity index (χ3v) is 4.55. The van der Waals surface area contributed by atoms with Crippen LogP contribution < -0.4 is 5.32 Å². The molecule has 4 heteroatoms. The summed E-state index contributed by atoms with van der Waals surface area (Å²) in [5.74, 6) is 0.183. The molecule has 2 rings (SSSR count). The van der Waals surface area contributed by atoms with Crippen LogP contribution in [0.1, 0.15) is 38.8 Å². The van der Waals surface area contributed by atoms with E-state index in [1.807, 2.05) is 35.2 Å². The monoisotopic (exact) mass is 289 g/mol. The maximum Gasteiger partial charge on any atom is 0.245 e. The molecule has 21 heavy (non-hydrogen) atoms. The van der Waals surface area contributed by atoms with Crippen molar-refractivity contribution in [1.82, 2.24) is 15.1 Å². The molecule has 1 aliphatic heterocycles. The number of carbonyl (C=O) groups excluding carboxylic acids is 1. The van der Waals surface area contributed by atoms with Gasteiger partial charge in [-0.3, -0.25) is 10.1 Å². The zero-order chi connectivity index (χ0) is 15.6. The Morgan fingerprint density at radius 3 is 2.38 bits per heavy atom. The number of benzene rings is 1. The second-order valence-corrected chi connectivity index (χ2v) is 6.61. The lowest BCUT2D eigenvalue weighted by Gasteiger charge is -2.38. The largest absolute Gasteiger partial charge is 0.324 e. The molecule has 0 radical (unpaired) electrons. The molecule has 0 spiro atoms. The molecule has 0 bridgehead atoms. The fraction of sp³-hybridized carbons (Fsp3) is 0.588. The van der Waals surface area contributed by atoms with Crippen LogP contribution in [0.2, 0.25) is 0 Å². The van der Waals surface area contributed by atoms with E-state index in [0.717, 1.165) is 18.5 Å². The highest BCUT2D eigenvalue weighted by molar-refractivity contribution is 5.85. The lowest BCUT2D eigenvalue weighted by Crippen LogP contribution is -2.51. The van der Waals surface area contributed by atoms with Crippen molar-refractivity contribution in [2.24, 2.45) is 0 Å². The van der Waals surface area contributed by atoms with E-state index in [2.05, 4.69) is 45.1 Å². The van der Waals surface area contributed by atoms with E-state index in [1.54, 1.807) is 0 Å². The molecular weight excluding hydrogens is 262 g/mol. The Balaban J connectivity index is 2.20. The first-order valence-electron chi connectivity index (χ1n) is 7.65. The molecule has 1 N–H and O–H groups in total. The summed E-state index contributed by atoms with van der Waals surface area (Å²) in [5, 5.41) is 3.48. The average Bonchev–Trinajstić information content (AvgIpc) is 2.76. The lowest BCUT2D eigenvalue weighted by atomic mass is 10.0. The summed E-state index contributed by atoms with van der Waals surface area (Å²) in [6.07, 6.45) is 1.03. The molecule has 4 nitrogen and oxygen atoms in total. The maximum atomic E-state index is 12.8. The van der Waals surface area contributed by atoms with Gasteiger partial charge in [0.15, 0.2) is 0 Å². The highest BCUT2D eigenvalue weighted by Crippen LogP contribution is 2.27. The number of hydrogen-bond donors (Lipinski definition) is 1. The minimum Gasteiger partial charge on any atom is -0.324 e. The van der Waals surface area contributed by atoms with E-state index < -0.39 is 0 Å². The van der Waals surface area contributed by atoms with Gasteiger partial charge < -0.3 is 9.80 Å². The molecule has 1 amide bonds. The van der Waals surface area contributed by atoms with Crippen LogP contribution in [-0.2, 0) is 4.79 Å². The van der Waals surface area contributed by atoms with E-state index in [0.29, 0.717) is 0 Å². The molecule has 1 aliphatic rings. The number of nitrogens with one attached hydrogen (secondary N) is 1. The van der Waals surface area contributed by atoms with E-state index in [4.69, 9.17) is 0 Å². The molecule has 2 unspecified atom stereocenters. The Hall–Kier alpha value is -1.39. The zero-order valence-corrected chi connectivity index (χ0v) is 13.8. The van der Waals surface area contributed by atoms with Gasteiger partial charge in [-0.05, 0) is 39.9 Å². The summed E-state index contributed by atoms with van der Waals surface area (Å²) in [7, 11) is 4.12. The molecule has 116 valence electrons. The molecule has 1 aromatic carbocycles. The molecule has 0 aliphatic carbocycles. The normalized spacial score (nSPS) is 23.1. The van der Waals surface area contributed by atoms with E-state index in [9.17, 15) is 4.79 Å². The first kappa shape index (κ1) is 16.0. The molecule has 1 heterocycles. The van der Waals surface area contributed by atoms with Crippen LogP contribution in [-0.4, -0.2) is 48.1 Å². The van der Waals surface area contributed by atoms with Gasteiger partial charge in [-0.25, -0.2) is 0 Å². The van der Waals surface area contributed by atoms with Gasteiger partial charge in [0.1, 0.15) is 6.04 Å². The van der Waals surface area contributed by atoms with Gasteiger partial charge in [-0.2, -0.15) is 0 Å². The number of hydrogen-bond acceptors (Lipinski definition) is 3. The van der Waals surface area contributed by atoms with Gasteiger partial charge in [-0.15, -0.1) is 0 Å². The molecule has 1 aromatic rings. The van der Waals surface area contributed by atoms with Crippen molar-refractivity contribution in [3.05, 3.63) is 35.9 Å². The topological polar surface area (TPSA) is 35.6 Å². The number of nitrogens with zero attached hydrogens (tertiary/aromatic N) is 2. The Morgan fingerprint density at radius 2 is 1.86 bits per heavy atom. The summed E-state index contributed by atoms with van der Waals surface area (Å²) in [6, 6.07) is 9.77. The van der Waals surface area contributed by atoms with Crippen molar-refractivity contribution in [1.29, 1.82) is 0 Å². The third kappa shape index (κ3) is 3.27. The minimum absolute atomic E-state index is 0.0453. The van der Waals surface area contributed by atoms with Crippen molar-refractivity contribution in [2.75, 3.05) is 20.6 Å². The average molecular weight is 289 g/mol. The summed E-state index contributed by atoms with van der Waals surface area (Å²) in [6.45, 7) is 7.19. The first-order chi connectivity index (χ1) is 9.86. The second kappa shape index (κ2) is 6.16. The number of likely N-dealkylation sites (N-methyl/N-ethyl adjacent to an activating group) is 1. The maximum absolute atomic E-state index is 12.8. The highest BCUT2D eigenvalue weighted by Gasteiger charge is 2.41. The number of amides is 1. The van der Waals surface area contributed by atoms with Crippen LogP contribution in [0.25, 0.3) is 0 Å². The minimum atomic E-state index is -0.214. The van der Waals surface area contributed by atoms with Crippen LogP contribution in [0.5, 0.6) is 0 Å². The molecule has 1 saturated heterocycles. The Labute approximate surface area is 128 Å². The number of rotatable bonds is 5. The van der Waals surface area contributed by atoms with Gasteiger partial charge in [-0.1, -0.05) is 37.3 Å². The van der Waals surface area contributed by atoms with Crippen molar-refractivity contribution >= 4 is 5.91 Å². The smallest absolute Gasteiger partial charge is 0.245 e. The Bertz CT molecular complexity index is 484. The second-order valence-electron chi connectivity index (χ2n) is 6.61. The van der Waals surface area contributed by atoms with E-state index >= 15 is 0 Å². The predicted octanol–water partition coefficient (Wildman–Crippen LogP) is 2.24. The Morgan fingerprint density at radius 1 is 1.24 bits per heavy atom. The van der Waals surface area contributed by atoms with Crippen molar-refractivity contribution in [2.45, 2.75) is 44.9 Å². The van der Waals surface area contributed by atoms with Gasteiger partial charge in [0.25, 0.3) is 0 Å². The highest BCUT2D eigenvalue weighted by atomic mass is 16.2. The Kier molecular flexibility index (Phi) is 4.69. The fourth-order valence-corrected chi connectivity index (χ4v) is 2.64. The molecule has 0 saturated carbocycles. The summed E-state index contributed by atoms with van der Waals surface area (Å²) in [5.41, 5.74) is 1.00. The van der Waals surface area contributed by atoms with Gasteiger partial charge in [0.2, 0.25) is 5.91 Å². The predicted molar refractivity (Wildman–Crippen MR) is 85.9 cm³/mol. The fourth-order valence-electron chi connectivity index (χ4n) is 2.64. The zero-order valence-electron chi connectivity index (χ0n) is 13.8. The van der Waals surface area contributed by atoms with Crippen molar-refractivity contribution in [3.8, 4) is 0 Å². The van der Waals surface area contributed by atoms with Crippen LogP contribution in [0, 0.1) is 0 Å². The van der Waals surface area contributed by atoms with Crippen LogP contribution in [0.15, 0.2) is 30.3 Å². The third-order valence-electron chi connectivity index (χ3n) is 4.55. The standard InChI is InChI=1S/C17H27N3O/c1-6-14-18-15(13-10-8-7-9-11-13)16(21)20(14)12-17(2,3)19(4)5/h7-11,14-15,18H,6,12H2,1-5H3. The van der Waals surface area contributed by atoms with Crippen molar-refractivity contribution in [3.63, 3.8) is 0 Å². The van der Waals surface area contributed by atoms with Gasteiger partial charge >= 0.3 is 0 Å². The molecule has 2 atom stereocenters. The SMILES string of the molecule is CCC1NC(c2ccccc2)C(=O)N1CC(C)(C)N(C)C. The lowest BCUT2D eigenvalue weighted by molar-refractivity contribution is -0.131. The van der Waals surface area contributed by atoms with Gasteiger partial charge in [0.05, 0.1) is 6.17 Å². The van der Waals surface area contributed by atoms with Crippen molar-refractivity contribution < 1.29 is 4.79 Å².